The first-order chi connectivity index (χ1) is 9.93. The standard InChI is InChI=1S/C12H6ClF3N4S/c13-11-18-17-9-4-5-10(19-20(9)11)21-8-3-1-2-7(6-8)12(14,15)16/h1-6H. The molecule has 0 unspecified atom stereocenters. The van der Waals surface area contributed by atoms with Crippen molar-refractivity contribution in [1.82, 2.24) is 19.8 Å². The second-order valence-corrected chi connectivity index (χ2v) is 5.47. The SMILES string of the molecule is FC(F)(F)c1cccc(Sc2ccc3nnc(Cl)n3n2)c1. The van der Waals surface area contributed by atoms with E-state index in [1.165, 1.54) is 10.6 Å². The lowest BCUT2D eigenvalue weighted by molar-refractivity contribution is -0.137. The number of hydrogen-bond donors (Lipinski definition) is 0. The monoisotopic (exact) mass is 330 g/mol. The number of nitrogens with zero attached hydrogens (tertiary/aromatic N) is 4. The average molecular weight is 331 g/mol. The molecule has 2 aromatic heterocycles. The molecule has 0 bridgehead atoms. The van der Waals surface area contributed by atoms with Gasteiger partial charge < -0.3 is 0 Å². The summed E-state index contributed by atoms with van der Waals surface area (Å²) in [6.45, 7) is 0. The number of hydrogen-bond acceptors (Lipinski definition) is 4. The van der Waals surface area contributed by atoms with Crippen LogP contribution in [0.3, 0.4) is 0 Å². The van der Waals surface area contributed by atoms with E-state index in [0.29, 0.717) is 15.6 Å². The van der Waals surface area contributed by atoms with E-state index in [1.54, 1.807) is 18.2 Å². The van der Waals surface area contributed by atoms with Gasteiger partial charge in [0.05, 0.1) is 5.56 Å². The molecule has 0 saturated heterocycles. The largest absolute Gasteiger partial charge is 0.416 e. The smallest absolute Gasteiger partial charge is 0.182 e. The quantitative estimate of drug-likeness (QED) is 0.713. The summed E-state index contributed by atoms with van der Waals surface area (Å²) < 4.78 is 39.3. The minimum Gasteiger partial charge on any atom is -0.182 e. The Hall–Kier alpha value is -1.80. The van der Waals surface area contributed by atoms with Crippen molar-refractivity contribution < 1.29 is 13.2 Å². The van der Waals surface area contributed by atoms with E-state index in [2.05, 4.69) is 15.3 Å². The van der Waals surface area contributed by atoms with Crippen LogP contribution in [0.4, 0.5) is 13.2 Å². The Morgan fingerprint density at radius 2 is 1.90 bits per heavy atom. The molecule has 2 heterocycles. The maximum Gasteiger partial charge on any atom is 0.416 e. The van der Waals surface area contributed by atoms with Crippen molar-refractivity contribution >= 4 is 29.0 Å². The molecular formula is C12H6ClF3N4S. The van der Waals surface area contributed by atoms with Crippen LogP contribution in [0.2, 0.25) is 5.28 Å². The molecule has 0 amide bonds. The van der Waals surface area contributed by atoms with Crippen molar-refractivity contribution in [3.63, 3.8) is 0 Å². The third-order valence-electron chi connectivity index (χ3n) is 2.58. The fourth-order valence-electron chi connectivity index (χ4n) is 1.66. The summed E-state index contributed by atoms with van der Waals surface area (Å²) in [4.78, 5) is 0.431. The summed E-state index contributed by atoms with van der Waals surface area (Å²) in [5.41, 5.74) is -0.232. The van der Waals surface area contributed by atoms with Crippen molar-refractivity contribution in [2.75, 3.05) is 0 Å². The highest BCUT2D eigenvalue weighted by atomic mass is 35.5. The lowest BCUT2D eigenvalue weighted by atomic mass is 10.2. The van der Waals surface area contributed by atoms with Gasteiger partial charge in [-0.05, 0) is 41.9 Å². The minimum atomic E-state index is -4.37. The van der Waals surface area contributed by atoms with Gasteiger partial charge in [0.2, 0.25) is 5.28 Å². The number of aromatic nitrogens is 4. The highest BCUT2D eigenvalue weighted by Crippen LogP contribution is 2.33. The fourth-order valence-corrected chi connectivity index (χ4v) is 2.65. The van der Waals surface area contributed by atoms with Gasteiger partial charge in [0.1, 0.15) is 5.03 Å². The molecule has 0 saturated carbocycles. The second kappa shape index (κ2) is 5.19. The molecule has 1 aromatic carbocycles. The van der Waals surface area contributed by atoms with E-state index < -0.39 is 11.7 Å². The zero-order chi connectivity index (χ0) is 15.0. The van der Waals surface area contributed by atoms with Crippen molar-refractivity contribution in [3.8, 4) is 0 Å². The molecule has 9 heteroatoms. The summed E-state index contributed by atoms with van der Waals surface area (Å²) in [5.74, 6) is 0. The van der Waals surface area contributed by atoms with Gasteiger partial charge in [0, 0.05) is 4.90 Å². The van der Waals surface area contributed by atoms with Crippen LogP contribution in [-0.4, -0.2) is 19.8 Å². The average Bonchev–Trinajstić information content (AvgIpc) is 2.80. The van der Waals surface area contributed by atoms with Gasteiger partial charge >= 0.3 is 6.18 Å². The molecule has 0 N–H and O–H groups in total. The molecule has 0 spiro atoms. The number of rotatable bonds is 2. The first-order valence-electron chi connectivity index (χ1n) is 5.66. The first kappa shape index (κ1) is 14.2. The van der Waals surface area contributed by atoms with E-state index in [4.69, 9.17) is 11.6 Å². The van der Waals surface area contributed by atoms with Crippen LogP contribution in [0.5, 0.6) is 0 Å². The van der Waals surface area contributed by atoms with Crippen molar-refractivity contribution in [2.24, 2.45) is 0 Å². The Bertz CT molecular complexity index is 803. The normalized spacial score (nSPS) is 12.0. The molecule has 3 rings (SSSR count). The maximum absolute atomic E-state index is 12.7. The molecule has 0 fully saturated rings. The number of fused-ring (bicyclic) bond motifs is 1. The highest BCUT2D eigenvalue weighted by Gasteiger charge is 2.30. The predicted octanol–water partition coefficient (Wildman–Crippen LogP) is 3.95. The fraction of sp³-hybridized carbons (Fsp3) is 0.0833. The van der Waals surface area contributed by atoms with Crippen molar-refractivity contribution in [3.05, 3.63) is 47.2 Å². The molecule has 0 aliphatic heterocycles. The maximum atomic E-state index is 12.7. The Kier molecular flexibility index (Phi) is 3.50. The predicted molar refractivity (Wildman–Crippen MR) is 71.4 cm³/mol. The molecular weight excluding hydrogens is 325 g/mol. The van der Waals surface area contributed by atoms with E-state index in [-0.39, 0.29) is 5.28 Å². The van der Waals surface area contributed by atoms with Gasteiger partial charge in [-0.2, -0.15) is 22.8 Å². The van der Waals surface area contributed by atoms with Crippen molar-refractivity contribution in [2.45, 2.75) is 16.1 Å². The van der Waals surface area contributed by atoms with E-state index in [9.17, 15) is 13.2 Å². The van der Waals surface area contributed by atoms with Crippen LogP contribution in [0.25, 0.3) is 5.65 Å². The summed E-state index contributed by atoms with van der Waals surface area (Å²) in [7, 11) is 0. The third kappa shape index (κ3) is 2.96. The van der Waals surface area contributed by atoms with Crippen LogP contribution in [-0.2, 0) is 6.18 Å². The summed E-state index contributed by atoms with van der Waals surface area (Å²) >= 11 is 6.90. The molecule has 0 atom stereocenters. The van der Waals surface area contributed by atoms with E-state index in [1.807, 2.05) is 0 Å². The summed E-state index contributed by atoms with van der Waals surface area (Å²) in [6, 6.07) is 8.32. The molecule has 108 valence electrons. The number of alkyl halides is 3. The Morgan fingerprint density at radius 3 is 2.67 bits per heavy atom. The van der Waals surface area contributed by atoms with Crippen LogP contribution >= 0.6 is 23.4 Å². The lowest BCUT2D eigenvalue weighted by Gasteiger charge is -2.08. The zero-order valence-corrected chi connectivity index (χ0v) is 11.7. The van der Waals surface area contributed by atoms with Crippen molar-refractivity contribution in [1.29, 1.82) is 0 Å². The second-order valence-electron chi connectivity index (χ2n) is 4.04. The topological polar surface area (TPSA) is 43.1 Å². The zero-order valence-electron chi connectivity index (χ0n) is 10.2. The molecule has 0 radical (unpaired) electrons. The Labute approximate surface area is 125 Å². The van der Waals surface area contributed by atoms with Gasteiger partial charge in [0.25, 0.3) is 0 Å². The van der Waals surface area contributed by atoms with Gasteiger partial charge in [0.15, 0.2) is 5.65 Å². The van der Waals surface area contributed by atoms with E-state index >= 15 is 0 Å². The molecule has 0 aliphatic carbocycles. The number of benzene rings is 1. The molecule has 21 heavy (non-hydrogen) atoms. The summed E-state index contributed by atoms with van der Waals surface area (Å²) in [5, 5.41) is 12.2. The molecule has 3 aromatic rings. The van der Waals surface area contributed by atoms with Gasteiger partial charge in [-0.1, -0.05) is 17.8 Å². The van der Waals surface area contributed by atoms with Gasteiger partial charge in [-0.25, -0.2) is 0 Å². The van der Waals surface area contributed by atoms with Crippen LogP contribution in [0.1, 0.15) is 5.56 Å². The molecule has 0 aliphatic rings. The van der Waals surface area contributed by atoms with Gasteiger partial charge in [-0.15, -0.1) is 10.2 Å². The lowest BCUT2D eigenvalue weighted by Crippen LogP contribution is -2.04. The van der Waals surface area contributed by atoms with E-state index in [0.717, 1.165) is 23.9 Å². The summed E-state index contributed by atoms with van der Waals surface area (Å²) in [6.07, 6.45) is -4.37. The minimum absolute atomic E-state index is 0.0940. The van der Waals surface area contributed by atoms with Gasteiger partial charge in [-0.3, -0.25) is 0 Å². The van der Waals surface area contributed by atoms with Crippen LogP contribution in [0, 0.1) is 0 Å². The number of halogens is 4. The molecule has 4 nitrogen and oxygen atoms in total. The Morgan fingerprint density at radius 1 is 1.10 bits per heavy atom. The third-order valence-corrected chi connectivity index (χ3v) is 3.74. The van der Waals surface area contributed by atoms with Crippen LogP contribution in [0.15, 0.2) is 46.3 Å². The highest BCUT2D eigenvalue weighted by molar-refractivity contribution is 7.99. The Balaban J connectivity index is 1.93. The first-order valence-corrected chi connectivity index (χ1v) is 6.86. The van der Waals surface area contributed by atoms with Crippen LogP contribution < -0.4 is 0 Å².